The van der Waals surface area contributed by atoms with Crippen molar-refractivity contribution in [2.45, 2.75) is 105 Å². The highest BCUT2D eigenvalue weighted by Crippen LogP contribution is 2.73. The molecule has 37 heavy (non-hydrogen) atoms. The van der Waals surface area contributed by atoms with Crippen LogP contribution < -0.4 is 0 Å². The first-order chi connectivity index (χ1) is 17.1. The number of ether oxygens (including phenoxy) is 1. The van der Waals surface area contributed by atoms with Crippen LogP contribution in [0.2, 0.25) is 0 Å². The number of carbonyl (C=O) groups is 2. The van der Waals surface area contributed by atoms with E-state index in [0.717, 1.165) is 25.7 Å². The van der Waals surface area contributed by atoms with Crippen LogP contribution in [0.25, 0.3) is 0 Å². The van der Waals surface area contributed by atoms with Crippen molar-refractivity contribution in [2.24, 2.45) is 45.3 Å². The Kier molecular flexibility index (Phi) is 7.17. The predicted molar refractivity (Wildman–Crippen MR) is 142 cm³/mol. The molecule has 0 radical (unpaired) electrons. The number of methoxy groups -OCH3 is 1. The third-order valence-electron chi connectivity index (χ3n) is 11.7. The summed E-state index contributed by atoms with van der Waals surface area (Å²) < 4.78 is 5.25. The first-order valence-corrected chi connectivity index (χ1v) is 14.1. The van der Waals surface area contributed by atoms with Gasteiger partial charge in [0.05, 0.1) is 19.1 Å². The van der Waals surface area contributed by atoms with E-state index in [1.807, 2.05) is 6.08 Å². The van der Waals surface area contributed by atoms with E-state index < -0.39 is 17.6 Å². The zero-order valence-electron chi connectivity index (χ0n) is 24.1. The third-order valence-corrected chi connectivity index (χ3v) is 11.7. The molecule has 0 bridgehead atoms. The molecule has 0 unspecified atom stereocenters. The van der Waals surface area contributed by atoms with Crippen LogP contribution in [0.1, 0.15) is 93.4 Å². The molecule has 4 aliphatic carbocycles. The molecule has 0 aromatic heterocycles. The Hall–Kier alpha value is -1.50. The van der Waals surface area contributed by atoms with E-state index >= 15 is 0 Å². The lowest BCUT2D eigenvalue weighted by atomic mass is 9.41. The quantitative estimate of drug-likeness (QED) is 0.191. The minimum atomic E-state index is -0.862. The van der Waals surface area contributed by atoms with Crippen molar-refractivity contribution in [3.8, 4) is 0 Å². The van der Waals surface area contributed by atoms with Crippen molar-refractivity contribution in [1.82, 2.24) is 0 Å². The monoisotopic (exact) mass is 516 g/mol. The summed E-state index contributed by atoms with van der Waals surface area (Å²) in [7, 11) is 1.41. The Balaban J connectivity index is 1.71. The van der Waals surface area contributed by atoms with Crippen molar-refractivity contribution in [3.05, 3.63) is 23.8 Å². The molecule has 6 nitrogen and oxygen atoms in total. The van der Waals surface area contributed by atoms with Crippen LogP contribution in [0.3, 0.4) is 0 Å². The van der Waals surface area contributed by atoms with Gasteiger partial charge in [0.25, 0.3) is 0 Å². The Morgan fingerprint density at radius 3 is 2.51 bits per heavy atom. The van der Waals surface area contributed by atoms with Crippen LogP contribution >= 0.6 is 0 Å². The number of allylic oxidation sites excluding steroid dienone is 3. The highest BCUT2D eigenvalue weighted by Gasteiger charge is 2.68. The highest BCUT2D eigenvalue weighted by molar-refractivity contribution is 5.85. The summed E-state index contributed by atoms with van der Waals surface area (Å²) in [6, 6.07) is 0. The first kappa shape index (κ1) is 28.5. The smallest absolute Gasteiger partial charge is 0.309 e. The molecule has 3 fully saturated rings. The van der Waals surface area contributed by atoms with Gasteiger partial charge in [-0.15, -0.1) is 0 Å². The molecule has 0 aromatic carbocycles. The van der Waals surface area contributed by atoms with E-state index in [1.165, 1.54) is 12.7 Å². The SMILES string of the molecule is COC(=O)[C@H](C/C=C/C(C)(C)OO)[C@@H]1[C@@H](O)C[C@]2(C)C3=CC[C@H]4C(C)(C)C(=O)CC[C@]4(C)[C@H]3CC[C@@]12C. The molecule has 2 N–H and O–H groups in total. The van der Waals surface area contributed by atoms with Gasteiger partial charge in [-0.2, -0.15) is 0 Å². The Morgan fingerprint density at radius 2 is 1.89 bits per heavy atom. The van der Waals surface area contributed by atoms with Gasteiger partial charge < -0.3 is 9.84 Å². The standard InChI is InChI=1S/C31H48O6/c1-27(2,37-35)15-9-10-19(26(34)36-8)25-22(32)18-31(7)21-11-12-23-28(3,4)24(33)14-16-29(23,5)20(21)13-17-30(25,31)6/h9,11,15,19-20,22-23,25,32,35H,10,12-14,16-18H2,1-8H3/b15-9+/t19-,20+,22+,23+,25-,29-,30+,31-/m1/s1. The number of esters is 1. The number of rotatable bonds is 6. The van der Waals surface area contributed by atoms with Crippen LogP contribution in [-0.2, 0) is 19.2 Å². The number of carbonyl (C=O) groups excluding carboxylic acids is 2. The lowest BCUT2D eigenvalue weighted by Gasteiger charge is -2.63. The number of Topliss-reactive ketones (excluding diaryl/α,β-unsaturated/α-hetero) is 1. The van der Waals surface area contributed by atoms with Crippen LogP contribution in [0, 0.1) is 45.3 Å². The molecule has 3 saturated carbocycles. The fourth-order valence-electron chi connectivity index (χ4n) is 9.40. The number of aliphatic hydroxyl groups excluding tert-OH is 1. The first-order valence-electron chi connectivity index (χ1n) is 14.1. The molecule has 0 aromatic rings. The molecule has 0 heterocycles. The zero-order chi connectivity index (χ0) is 27.6. The fourth-order valence-corrected chi connectivity index (χ4v) is 9.40. The highest BCUT2D eigenvalue weighted by atomic mass is 17.1. The minimum absolute atomic E-state index is 0.0647. The number of hydrogen-bond donors (Lipinski definition) is 2. The van der Waals surface area contributed by atoms with E-state index in [4.69, 9.17) is 9.99 Å². The molecule has 6 heteroatoms. The minimum Gasteiger partial charge on any atom is -0.469 e. The van der Waals surface area contributed by atoms with E-state index in [1.54, 1.807) is 19.9 Å². The normalized spacial score (nSPS) is 42.0. The van der Waals surface area contributed by atoms with Gasteiger partial charge in [0, 0.05) is 17.8 Å². The summed E-state index contributed by atoms with van der Waals surface area (Å²) in [6.07, 6.45) is 10.8. The summed E-state index contributed by atoms with van der Waals surface area (Å²) in [5, 5.41) is 20.8. The maximum atomic E-state index is 13.1. The van der Waals surface area contributed by atoms with E-state index in [0.29, 0.717) is 36.9 Å². The van der Waals surface area contributed by atoms with Gasteiger partial charge >= 0.3 is 5.97 Å². The van der Waals surface area contributed by atoms with Gasteiger partial charge in [-0.1, -0.05) is 58.4 Å². The Labute approximate surface area is 222 Å². The zero-order valence-corrected chi connectivity index (χ0v) is 24.1. The average molecular weight is 517 g/mol. The molecule has 0 aliphatic heterocycles. The number of aliphatic hydroxyl groups is 1. The van der Waals surface area contributed by atoms with Gasteiger partial charge in [-0.05, 0) is 80.5 Å². The summed E-state index contributed by atoms with van der Waals surface area (Å²) in [6.45, 7) is 14.7. The number of fused-ring (bicyclic) bond motifs is 5. The molecule has 0 spiro atoms. The number of ketones is 1. The Bertz CT molecular complexity index is 994. The lowest BCUT2D eigenvalue weighted by molar-refractivity contribution is -0.297. The van der Waals surface area contributed by atoms with E-state index in [2.05, 4.69) is 45.6 Å². The van der Waals surface area contributed by atoms with Gasteiger partial charge in [0.2, 0.25) is 0 Å². The van der Waals surface area contributed by atoms with Crippen molar-refractivity contribution in [3.63, 3.8) is 0 Å². The van der Waals surface area contributed by atoms with Gasteiger partial charge in [-0.3, -0.25) is 14.8 Å². The van der Waals surface area contributed by atoms with E-state index in [-0.39, 0.29) is 33.5 Å². The van der Waals surface area contributed by atoms with Crippen molar-refractivity contribution in [2.75, 3.05) is 7.11 Å². The molecule has 4 aliphatic rings. The van der Waals surface area contributed by atoms with Gasteiger partial charge in [0.1, 0.15) is 11.4 Å². The molecule has 0 amide bonds. The maximum absolute atomic E-state index is 13.1. The molecule has 0 saturated heterocycles. The van der Waals surface area contributed by atoms with Crippen LogP contribution in [0.4, 0.5) is 0 Å². The van der Waals surface area contributed by atoms with Crippen LogP contribution in [0.5, 0.6) is 0 Å². The molecule has 4 rings (SSSR count). The van der Waals surface area contributed by atoms with Crippen molar-refractivity contribution in [1.29, 1.82) is 0 Å². The maximum Gasteiger partial charge on any atom is 0.309 e. The fraction of sp³-hybridized carbons (Fsp3) is 0.806. The average Bonchev–Trinajstić information content (AvgIpc) is 3.04. The summed E-state index contributed by atoms with van der Waals surface area (Å²) in [5.41, 5.74) is -0.172. The van der Waals surface area contributed by atoms with Crippen LogP contribution in [0.15, 0.2) is 23.8 Å². The third kappa shape index (κ3) is 4.17. The molecular weight excluding hydrogens is 468 g/mol. The lowest BCUT2D eigenvalue weighted by Crippen LogP contribution is -2.57. The van der Waals surface area contributed by atoms with Gasteiger partial charge in [-0.25, -0.2) is 4.89 Å². The summed E-state index contributed by atoms with van der Waals surface area (Å²) in [5.74, 6) is 0.0640. The second kappa shape index (κ2) is 9.31. The van der Waals surface area contributed by atoms with Crippen LogP contribution in [-0.4, -0.2) is 40.9 Å². The number of hydrogen-bond acceptors (Lipinski definition) is 6. The molecule has 208 valence electrons. The molecule has 8 atom stereocenters. The van der Waals surface area contributed by atoms with Crippen molar-refractivity contribution >= 4 is 11.8 Å². The topological polar surface area (TPSA) is 93.1 Å². The van der Waals surface area contributed by atoms with Crippen molar-refractivity contribution < 1.29 is 29.6 Å². The van der Waals surface area contributed by atoms with Gasteiger partial charge in [0.15, 0.2) is 0 Å². The predicted octanol–water partition coefficient (Wildman–Crippen LogP) is 6.14. The molecular formula is C31H48O6. The second-order valence-corrected chi connectivity index (χ2v) is 14.2. The second-order valence-electron chi connectivity index (χ2n) is 14.2. The summed E-state index contributed by atoms with van der Waals surface area (Å²) >= 11 is 0. The Morgan fingerprint density at radius 1 is 1.22 bits per heavy atom. The summed E-state index contributed by atoms with van der Waals surface area (Å²) in [4.78, 5) is 30.5. The van der Waals surface area contributed by atoms with E-state index in [9.17, 15) is 14.7 Å². The largest absolute Gasteiger partial charge is 0.469 e.